The van der Waals surface area contributed by atoms with Crippen molar-refractivity contribution in [1.82, 2.24) is 14.8 Å². The van der Waals surface area contributed by atoms with E-state index in [2.05, 4.69) is 27.8 Å². The predicted octanol–water partition coefficient (Wildman–Crippen LogP) is 5.08. The van der Waals surface area contributed by atoms with Crippen LogP contribution in [-0.2, 0) is 6.54 Å². The Morgan fingerprint density at radius 1 is 1.07 bits per heavy atom. The minimum atomic E-state index is 0.0607. The number of hydrogen-bond acceptors (Lipinski definition) is 5. The molecule has 0 spiro atoms. The molecule has 2 heterocycles. The maximum atomic E-state index is 12.8. The van der Waals surface area contributed by atoms with E-state index in [1.165, 1.54) is 11.8 Å². The van der Waals surface area contributed by atoms with Crippen molar-refractivity contribution in [3.8, 4) is 11.5 Å². The van der Waals surface area contributed by atoms with E-state index in [-0.39, 0.29) is 11.5 Å². The van der Waals surface area contributed by atoms with Gasteiger partial charge in [0.1, 0.15) is 0 Å². The lowest BCUT2D eigenvalue weighted by molar-refractivity contribution is 0.102. The standard InChI is InChI=1S/C21H19N3O2S/c1-2-12-24-13-17(16-10-6-7-11-18(16)24)19(25)14-27-21-23-22-20(26-21)15-8-4-3-5-9-15/h3-11,13H,2,12,14H2,1H3. The lowest BCUT2D eigenvalue weighted by atomic mass is 10.1. The number of hydrogen-bond donors (Lipinski definition) is 0. The second-order valence-corrected chi connectivity index (χ2v) is 7.13. The number of rotatable bonds is 7. The summed E-state index contributed by atoms with van der Waals surface area (Å²) in [5.74, 6) is 0.784. The smallest absolute Gasteiger partial charge is 0.277 e. The minimum absolute atomic E-state index is 0.0607. The first-order chi connectivity index (χ1) is 13.3. The first-order valence-electron chi connectivity index (χ1n) is 8.89. The van der Waals surface area contributed by atoms with Gasteiger partial charge in [-0.3, -0.25) is 4.79 Å². The lowest BCUT2D eigenvalue weighted by Gasteiger charge is -2.00. The summed E-state index contributed by atoms with van der Waals surface area (Å²) in [6, 6.07) is 17.6. The van der Waals surface area contributed by atoms with Gasteiger partial charge in [0, 0.05) is 34.8 Å². The number of carbonyl (C=O) groups excluding carboxylic acids is 1. The zero-order valence-corrected chi connectivity index (χ0v) is 15.8. The fourth-order valence-electron chi connectivity index (χ4n) is 3.07. The predicted molar refractivity (Wildman–Crippen MR) is 107 cm³/mol. The molecule has 4 rings (SSSR count). The maximum absolute atomic E-state index is 12.8. The largest absolute Gasteiger partial charge is 0.411 e. The van der Waals surface area contributed by atoms with Crippen LogP contribution in [0.15, 0.2) is 70.4 Å². The molecule has 6 heteroatoms. The first kappa shape index (κ1) is 17.5. The van der Waals surface area contributed by atoms with E-state index in [9.17, 15) is 4.79 Å². The van der Waals surface area contributed by atoms with Gasteiger partial charge in [0.05, 0.1) is 5.75 Å². The van der Waals surface area contributed by atoms with Gasteiger partial charge in [0.25, 0.3) is 5.22 Å². The number of aromatic nitrogens is 3. The van der Waals surface area contributed by atoms with Gasteiger partial charge in [0.2, 0.25) is 5.89 Å². The average molecular weight is 377 g/mol. The van der Waals surface area contributed by atoms with E-state index in [0.717, 1.165) is 35.0 Å². The van der Waals surface area contributed by atoms with Crippen LogP contribution in [0.3, 0.4) is 0 Å². The highest BCUT2D eigenvalue weighted by molar-refractivity contribution is 7.99. The molecule has 0 aliphatic carbocycles. The number of aryl methyl sites for hydroxylation is 1. The van der Waals surface area contributed by atoms with Crippen molar-refractivity contribution < 1.29 is 9.21 Å². The van der Waals surface area contributed by atoms with Gasteiger partial charge in [-0.15, -0.1) is 10.2 Å². The lowest BCUT2D eigenvalue weighted by Crippen LogP contribution is -2.02. The fraction of sp³-hybridized carbons (Fsp3) is 0.190. The fourth-order valence-corrected chi connectivity index (χ4v) is 3.71. The molecule has 0 amide bonds. The Balaban J connectivity index is 1.50. The Hall–Kier alpha value is -2.86. The Morgan fingerprint density at radius 3 is 2.67 bits per heavy atom. The van der Waals surface area contributed by atoms with Crippen LogP contribution < -0.4 is 0 Å². The third-order valence-corrected chi connectivity index (χ3v) is 5.13. The molecule has 0 N–H and O–H groups in total. The third-order valence-electron chi connectivity index (χ3n) is 4.31. The van der Waals surface area contributed by atoms with Crippen molar-refractivity contribution in [3.63, 3.8) is 0 Å². The Morgan fingerprint density at radius 2 is 1.85 bits per heavy atom. The summed E-state index contributed by atoms with van der Waals surface area (Å²) in [7, 11) is 0. The molecular weight excluding hydrogens is 358 g/mol. The Kier molecular flexibility index (Phi) is 5.07. The number of carbonyl (C=O) groups is 1. The van der Waals surface area contributed by atoms with Crippen molar-refractivity contribution in [3.05, 3.63) is 66.4 Å². The molecule has 4 aromatic rings. The number of para-hydroxylation sites is 1. The number of fused-ring (bicyclic) bond motifs is 1. The van der Waals surface area contributed by atoms with Gasteiger partial charge in [0.15, 0.2) is 5.78 Å². The Bertz CT molecular complexity index is 1070. The average Bonchev–Trinajstić information content (AvgIpc) is 3.33. The van der Waals surface area contributed by atoms with Crippen LogP contribution in [-0.4, -0.2) is 26.3 Å². The molecule has 2 aromatic heterocycles. The first-order valence-corrected chi connectivity index (χ1v) is 9.87. The van der Waals surface area contributed by atoms with Crippen LogP contribution in [0.1, 0.15) is 23.7 Å². The number of ketones is 1. The molecule has 0 aliphatic rings. The van der Waals surface area contributed by atoms with E-state index in [0.29, 0.717) is 11.1 Å². The molecule has 5 nitrogen and oxygen atoms in total. The summed E-state index contributed by atoms with van der Waals surface area (Å²) < 4.78 is 7.82. The highest BCUT2D eigenvalue weighted by Crippen LogP contribution is 2.26. The van der Waals surface area contributed by atoms with Crippen LogP contribution in [0.2, 0.25) is 0 Å². The number of Topliss-reactive ketones (excluding diaryl/α,β-unsaturated/α-hetero) is 1. The van der Waals surface area contributed by atoms with E-state index in [4.69, 9.17) is 4.42 Å². The highest BCUT2D eigenvalue weighted by atomic mass is 32.2. The molecule has 0 atom stereocenters. The molecule has 0 saturated heterocycles. The van der Waals surface area contributed by atoms with Crippen LogP contribution >= 0.6 is 11.8 Å². The van der Waals surface area contributed by atoms with E-state index in [1.807, 2.05) is 54.7 Å². The van der Waals surface area contributed by atoms with Crippen LogP contribution in [0.4, 0.5) is 0 Å². The van der Waals surface area contributed by atoms with Crippen molar-refractivity contribution >= 4 is 28.4 Å². The van der Waals surface area contributed by atoms with Gasteiger partial charge in [-0.25, -0.2) is 0 Å². The summed E-state index contributed by atoms with van der Waals surface area (Å²) in [6.45, 7) is 3.02. The second kappa shape index (κ2) is 7.80. The number of benzene rings is 2. The van der Waals surface area contributed by atoms with Gasteiger partial charge in [-0.1, -0.05) is 55.1 Å². The van der Waals surface area contributed by atoms with Gasteiger partial charge in [-0.2, -0.15) is 0 Å². The normalized spacial score (nSPS) is 11.1. The summed E-state index contributed by atoms with van der Waals surface area (Å²) >= 11 is 1.27. The zero-order chi connectivity index (χ0) is 18.6. The molecule has 0 unspecified atom stereocenters. The van der Waals surface area contributed by atoms with Gasteiger partial charge < -0.3 is 8.98 Å². The summed E-state index contributed by atoms with van der Waals surface area (Å²) in [6.07, 6.45) is 2.98. The number of thioether (sulfide) groups is 1. The summed E-state index contributed by atoms with van der Waals surface area (Å²) in [5, 5.41) is 9.50. The van der Waals surface area contributed by atoms with Crippen molar-refractivity contribution in [1.29, 1.82) is 0 Å². The molecule has 27 heavy (non-hydrogen) atoms. The van der Waals surface area contributed by atoms with E-state index < -0.39 is 0 Å². The second-order valence-electron chi connectivity index (χ2n) is 6.20. The van der Waals surface area contributed by atoms with Crippen LogP contribution in [0.25, 0.3) is 22.4 Å². The van der Waals surface area contributed by atoms with Crippen molar-refractivity contribution in [2.45, 2.75) is 25.1 Å². The SMILES string of the molecule is CCCn1cc(C(=O)CSc2nnc(-c3ccccc3)o2)c2ccccc21. The quantitative estimate of drug-likeness (QED) is 0.332. The molecule has 0 radical (unpaired) electrons. The third kappa shape index (κ3) is 3.66. The van der Waals surface area contributed by atoms with E-state index in [1.54, 1.807) is 0 Å². The molecule has 0 bridgehead atoms. The molecule has 136 valence electrons. The maximum Gasteiger partial charge on any atom is 0.277 e. The topological polar surface area (TPSA) is 60.9 Å². The van der Waals surface area contributed by atoms with Crippen LogP contribution in [0, 0.1) is 0 Å². The molecule has 0 fully saturated rings. The number of nitrogens with zero attached hydrogens (tertiary/aromatic N) is 3. The molecule has 2 aromatic carbocycles. The van der Waals surface area contributed by atoms with Crippen molar-refractivity contribution in [2.24, 2.45) is 0 Å². The summed E-state index contributed by atoms with van der Waals surface area (Å²) in [4.78, 5) is 12.8. The monoisotopic (exact) mass is 377 g/mol. The molecule has 0 aliphatic heterocycles. The van der Waals surface area contributed by atoms with Crippen LogP contribution in [0.5, 0.6) is 0 Å². The van der Waals surface area contributed by atoms with Crippen molar-refractivity contribution in [2.75, 3.05) is 5.75 Å². The zero-order valence-electron chi connectivity index (χ0n) is 15.0. The minimum Gasteiger partial charge on any atom is -0.411 e. The van der Waals surface area contributed by atoms with Gasteiger partial charge in [-0.05, 0) is 24.6 Å². The highest BCUT2D eigenvalue weighted by Gasteiger charge is 2.17. The molecular formula is C21H19N3O2S. The molecule has 0 saturated carbocycles. The van der Waals surface area contributed by atoms with E-state index >= 15 is 0 Å². The Labute approximate surface area is 161 Å². The summed E-state index contributed by atoms with van der Waals surface area (Å²) in [5.41, 5.74) is 2.71. The van der Waals surface area contributed by atoms with Gasteiger partial charge >= 0.3 is 0 Å².